The Kier molecular flexibility index (Phi) is 5.54. The highest BCUT2D eigenvalue weighted by Crippen LogP contribution is 2.26. The summed E-state index contributed by atoms with van der Waals surface area (Å²) in [6, 6.07) is 3.99. The van der Waals surface area contributed by atoms with Crippen molar-refractivity contribution in [1.29, 1.82) is 0 Å². The summed E-state index contributed by atoms with van der Waals surface area (Å²) in [5.74, 6) is 2.18. The monoisotopic (exact) mass is 275 g/mol. The molecular weight excluding hydrogens is 258 g/mol. The first-order valence-corrected chi connectivity index (χ1v) is 6.26. The maximum Gasteiger partial charge on any atom is 0.293 e. The van der Waals surface area contributed by atoms with Crippen molar-refractivity contribution in [2.75, 3.05) is 12.4 Å². The number of benzene rings is 1. The summed E-state index contributed by atoms with van der Waals surface area (Å²) in [5, 5.41) is 16.5. The zero-order valence-electron chi connectivity index (χ0n) is 11.5. The highest BCUT2D eigenvalue weighted by Gasteiger charge is 2.18. The number of anilines is 1. The van der Waals surface area contributed by atoms with Crippen LogP contribution in [0.1, 0.15) is 30.1 Å². The van der Waals surface area contributed by atoms with Crippen LogP contribution in [0.4, 0.5) is 11.4 Å². The maximum atomic E-state index is 11.5. The number of nitrogens with one attached hydrogen (secondary N) is 2. The molecule has 1 rings (SSSR count). The van der Waals surface area contributed by atoms with E-state index >= 15 is 0 Å². The Balaban J connectivity index is 3.11. The molecule has 0 aliphatic carbocycles. The van der Waals surface area contributed by atoms with E-state index in [1.165, 1.54) is 25.2 Å². The second-order valence-electron chi connectivity index (χ2n) is 4.22. The van der Waals surface area contributed by atoms with Gasteiger partial charge in [-0.2, -0.15) is 0 Å². The smallest absolute Gasteiger partial charge is 0.293 e. The molecule has 6 heteroatoms. The number of terminal acetylenes is 1. The van der Waals surface area contributed by atoms with Crippen LogP contribution in [0.2, 0.25) is 0 Å². The molecule has 0 radical (unpaired) electrons. The molecular formula is C14H17N3O3. The van der Waals surface area contributed by atoms with Crippen molar-refractivity contribution in [3.8, 4) is 12.3 Å². The zero-order chi connectivity index (χ0) is 15.1. The molecule has 1 aromatic carbocycles. The zero-order valence-corrected chi connectivity index (χ0v) is 11.5. The second kappa shape index (κ2) is 7.14. The average molecular weight is 275 g/mol. The minimum Gasteiger partial charge on any atom is -0.366 e. The molecule has 20 heavy (non-hydrogen) atoms. The van der Waals surface area contributed by atoms with Crippen molar-refractivity contribution in [3.05, 3.63) is 33.9 Å². The molecule has 0 heterocycles. The summed E-state index contributed by atoms with van der Waals surface area (Å²) >= 11 is 0. The van der Waals surface area contributed by atoms with Crippen LogP contribution in [0, 0.1) is 22.5 Å². The summed E-state index contributed by atoms with van der Waals surface area (Å²) < 4.78 is 0. The average Bonchev–Trinajstić information content (AvgIpc) is 2.45. The molecule has 1 aromatic rings. The number of nitro benzene ring substituents is 1. The molecule has 1 atom stereocenters. The summed E-state index contributed by atoms with van der Waals surface area (Å²) in [7, 11) is 1.47. The predicted molar refractivity (Wildman–Crippen MR) is 77.6 cm³/mol. The van der Waals surface area contributed by atoms with Gasteiger partial charge in [0.1, 0.15) is 5.69 Å². The van der Waals surface area contributed by atoms with Gasteiger partial charge in [-0.05, 0) is 18.6 Å². The normalized spacial score (nSPS) is 11.2. The van der Waals surface area contributed by atoms with E-state index in [1.54, 1.807) is 0 Å². The molecule has 0 saturated heterocycles. The Labute approximate surface area is 117 Å². The second-order valence-corrected chi connectivity index (χ2v) is 4.22. The molecule has 1 amide bonds. The standard InChI is InChI=1S/C14H17N3O3/c1-4-6-11(5-2)16-12-8-7-10(14(18)15-3)9-13(12)17(19)20/h2,7-9,11,16H,4,6H2,1,3H3,(H,15,18). The fourth-order valence-corrected chi connectivity index (χ4v) is 1.76. The Morgan fingerprint density at radius 3 is 2.75 bits per heavy atom. The number of nitro groups is 1. The summed E-state index contributed by atoms with van der Waals surface area (Å²) in [6.45, 7) is 1.98. The molecule has 6 nitrogen and oxygen atoms in total. The molecule has 0 spiro atoms. The maximum absolute atomic E-state index is 11.5. The topological polar surface area (TPSA) is 84.3 Å². The first-order valence-electron chi connectivity index (χ1n) is 6.26. The van der Waals surface area contributed by atoms with Gasteiger partial charge in [-0.1, -0.05) is 19.3 Å². The van der Waals surface area contributed by atoms with E-state index in [9.17, 15) is 14.9 Å². The van der Waals surface area contributed by atoms with Crippen LogP contribution < -0.4 is 10.6 Å². The van der Waals surface area contributed by atoms with Crippen LogP contribution in [-0.2, 0) is 0 Å². The number of amides is 1. The van der Waals surface area contributed by atoms with Gasteiger partial charge in [0.05, 0.1) is 11.0 Å². The predicted octanol–water partition coefficient (Wildman–Crippen LogP) is 2.17. The van der Waals surface area contributed by atoms with Gasteiger partial charge in [0, 0.05) is 18.7 Å². The van der Waals surface area contributed by atoms with Crippen LogP contribution in [0.5, 0.6) is 0 Å². The summed E-state index contributed by atoms with van der Waals surface area (Å²) in [6.07, 6.45) is 6.97. The fourth-order valence-electron chi connectivity index (χ4n) is 1.76. The number of hydrogen-bond acceptors (Lipinski definition) is 4. The van der Waals surface area contributed by atoms with Crippen molar-refractivity contribution in [2.45, 2.75) is 25.8 Å². The molecule has 0 aliphatic heterocycles. The number of hydrogen-bond donors (Lipinski definition) is 2. The Morgan fingerprint density at radius 1 is 1.55 bits per heavy atom. The lowest BCUT2D eigenvalue weighted by molar-refractivity contribution is -0.384. The van der Waals surface area contributed by atoms with Gasteiger partial charge in [0.2, 0.25) is 0 Å². The van der Waals surface area contributed by atoms with Crippen LogP contribution in [0.15, 0.2) is 18.2 Å². The van der Waals surface area contributed by atoms with Crippen LogP contribution in [-0.4, -0.2) is 23.9 Å². The van der Waals surface area contributed by atoms with Gasteiger partial charge in [0.25, 0.3) is 11.6 Å². The third-order valence-electron chi connectivity index (χ3n) is 2.79. The summed E-state index contributed by atoms with van der Waals surface area (Å²) in [4.78, 5) is 22.1. The van der Waals surface area contributed by atoms with E-state index in [4.69, 9.17) is 6.42 Å². The van der Waals surface area contributed by atoms with Crippen molar-refractivity contribution >= 4 is 17.3 Å². The molecule has 0 aliphatic rings. The van der Waals surface area contributed by atoms with Crippen LogP contribution in [0.3, 0.4) is 0 Å². The van der Waals surface area contributed by atoms with Crippen LogP contribution >= 0.6 is 0 Å². The lowest BCUT2D eigenvalue weighted by Gasteiger charge is -2.14. The van der Waals surface area contributed by atoms with Crippen LogP contribution in [0.25, 0.3) is 0 Å². The van der Waals surface area contributed by atoms with E-state index in [0.717, 1.165) is 6.42 Å². The number of rotatable bonds is 6. The minimum atomic E-state index is -0.533. The Bertz CT molecular complexity index is 549. The SMILES string of the molecule is C#CC(CCC)Nc1ccc(C(=O)NC)cc1[N+](=O)[O-]. The van der Waals surface area contributed by atoms with E-state index in [1.807, 2.05) is 6.92 Å². The van der Waals surface area contributed by atoms with E-state index < -0.39 is 4.92 Å². The third-order valence-corrected chi connectivity index (χ3v) is 2.79. The quantitative estimate of drug-likeness (QED) is 0.473. The summed E-state index contributed by atoms with van der Waals surface area (Å²) in [5.41, 5.74) is 0.388. The molecule has 1 unspecified atom stereocenters. The molecule has 0 aromatic heterocycles. The van der Waals surface area contributed by atoms with E-state index in [-0.39, 0.29) is 23.2 Å². The Morgan fingerprint density at radius 2 is 2.25 bits per heavy atom. The lowest BCUT2D eigenvalue weighted by Crippen LogP contribution is -2.20. The first-order chi connectivity index (χ1) is 9.53. The van der Waals surface area contributed by atoms with Crippen molar-refractivity contribution in [1.82, 2.24) is 5.32 Å². The molecule has 0 fully saturated rings. The van der Waals surface area contributed by atoms with Gasteiger partial charge in [-0.25, -0.2) is 0 Å². The largest absolute Gasteiger partial charge is 0.366 e. The minimum absolute atomic E-state index is 0.164. The molecule has 0 saturated carbocycles. The molecule has 0 bridgehead atoms. The highest BCUT2D eigenvalue weighted by molar-refractivity contribution is 5.95. The van der Waals surface area contributed by atoms with Gasteiger partial charge >= 0.3 is 0 Å². The van der Waals surface area contributed by atoms with Crippen molar-refractivity contribution in [2.24, 2.45) is 0 Å². The van der Waals surface area contributed by atoms with Gasteiger partial charge < -0.3 is 10.6 Å². The highest BCUT2D eigenvalue weighted by atomic mass is 16.6. The lowest BCUT2D eigenvalue weighted by atomic mass is 10.1. The molecule has 106 valence electrons. The third kappa shape index (κ3) is 3.72. The van der Waals surface area contributed by atoms with E-state index in [2.05, 4.69) is 16.6 Å². The number of carbonyl (C=O) groups is 1. The Hall–Kier alpha value is -2.55. The van der Waals surface area contributed by atoms with Gasteiger partial charge in [0.15, 0.2) is 0 Å². The number of nitrogens with zero attached hydrogens (tertiary/aromatic N) is 1. The van der Waals surface area contributed by atoms with E-state index in [0.29, 0.717) is 12.1 Å². The first kappa shape index (κ1) is 15.5. The molecule has 2 N–H and O–H groups in total. The van der Waals surface area contributed by atoms with Gasteiger partial charge in [-0.3, -0.25) is 14.9 Å². The van der Waals surface area contributed by atoms with Crippen molar-refractivity contribution in [3.63, 3.8) is 0 Å². The van der Waals surface area contributed by atoms with Gasteiger partial charge in [-0.15, -0.1) is 6.42 Å². The number of carbonyl (C=O) groups excluding carboxylic acids is 1. The fraction of sp³-hybridized carbons (Fsp3) is 0.357. The van der Waals surface area contributed by atoms with Crippen molar-refractivity contribution < 1.29 is 9.72 Å².